The summed E-state index contributed by atoms with van der Waals surface area (Å²) in [6, 6.07) is 7.76. The monoisotopic (exact) mass is 371 g/mol. The Balaban J connectivity index is 1.44. The minimum atomic E-state index is -0.00379. The third-order valence-corrected chi connectivity index (χ3v) is 5.51. The van der Waals surface area contributed by atoms with E-state index in [1.165, 1.54) is 0 Å². The van der Waals surface area contributed by atoms with Crippen LogP contribution in [0.3, 0.4) is 0 Å². The van der Waals surface area contributed by atoms with Crippen LogP contribution in [0.5, 0.6) is 5.75 Å². The Morgan fingerprint density at radius 3 is 2.73 bits per heavy atom. The number of carbonyl (C=O) groups is 1. The molecule has 0 unspecified atom stereocenters. The molecule has 0 N–H and O–H groups in total. The molecule has 1 amide bonds. The van der Waals surface area contributed by atoms with E-state index in [1.54, 1.807) is 28.3 Å². The van der Waals surface area contributed by atoms with Crippen molar-refractivity contribution in [1.29, 1.82) is 0 Å². The van der Waals surface area contributed by atoms with E-state index in [-0.39, 0.29) is 5.91 Å². The van der Waals surface area contributed by atoms with Crippen LogP contribution in [0.2, 0.25) is 0 Å². The molecule has 7 nitrogen and oxygen atoms in total. The molecule has 0 saturated carbocycles. The van der Waals surface area contributed by atoms with E-state index in [4.69, 9.17) is 9.72 Å². The van der Waals surface area contributed by atoms with Crippen LogP contribution in [-0.4, -0.2) is 58.4 Å². The Hall–Kier alpha value is -2.61. The fourth-order valence-corrected chi connectivity index (χ4v) is 4.12. The van der Waals surface area contributed by atoms with Crippen molar-refractivity contribution in [3.63, 3.8) is 0 Å². The second kappa shape index (κ2) is 6.95. The highest BCUT2D eigenvalue weighted by Crippen LogP contribution is 2.32. The summed E-state index contributed by atoms with van der Waals surface area (Å²) in [5.41, 5.74) is 1.49. The summed E-state index contributed by atoms with van der Waals surface area (Å²) in [5.74, 6) is 0.872. The Morgan fingerprint density at radius 2 is 2.04 bits per heavy atom. The standard InChI is InChI=1S/C18H21N5O2S/c1-3-25-13-4-5-14-16(12-13)26-18(19-14)23-10-8-22(9-11-23)17(24)15-6-7-21(2)20-15/h4-7,12H,3,8-11H2,1-2H3. The zero-order valence-corrected chi connectivity index (χ0v) is 15.7. The number of amides is 1. The molecular weight excluding hydrogens is 350 g/mol. The van der Waals surface area contributed by atoms with E-state index in [0.717, 1.165) is 34.2 Å². The van der Waals surface area contributed by atoms with Gasteiger partial charge in [-0.15, -0.1) is 0 Å². The molecule has 0 spiro atoms. The minimum absolute atomic E-state index is 0.00379. The van der Waals surface area contributed by atoms with Gasteiger partial charge < -0.3 is 14.5 Å². The molecule has 3 heterocycles. The normalized spacial score (nSPS) is 14.8. The fraction of sp³-hybridized carbons (Fsp3) is 0.389. The number of hydrogen-bond acceptors (Lipinski definition) is 6. The van der Waals surface area contributed by atoms with Crippen LogP contribution in [0.4, 0.5) is 5.13 Å². The number of hydrogen-bond donors (Lipinski definition) is 0. The van der Waals surface area contributed by atoms with Crippen molar-refractivity contribution >= 4 is 32.6 Å². The lowest BCUT2D eigenvalue weighted by atomic mass is 10.3. The number of fused-ring (bicyclic) bond motifs is 1. The molecule has 0 aliphatic carbocycles. The van der Waals surface area contributed by atoms with Crippen LogP contribution in [0.25, 0.3) is 10.2 Å². The van der Waals surface area contributed by atoms with Crippen molar-refractivity contribution in [1.82, 2.24) is 19.7 Å². The lowest BCUT2D eigenvalue weighted by Gasteiger charge is -2.34. The third kappa shape index (κ3) is 3.24. The predicted molar refractivity (Wildman–Crippen MR) is 102 cm³/mol. The first kappa shape index (κ1) is 16.8. The summed E-state index contributed by atoms with van der Waals surface area (Å²) in [6.45, 7) is 5.54. The van der Waals surface area contributed by atoms with E-state index in [9.17, 15) is 4.79 Å². The Morgan fingerprint density at radius 1 is 1.23 bits per heavy atom. The van der Waals surface area contributed by atoms with Crippen molar-refractivity contribution in [3.8, 4) is 5.75 Å². The van der Waals surface area contributed by atoms with Gasteiger partial charge in [-0.1, -0.05) is 11.3 Å². The molecule has 1 aliphatic rings. The highest BCUT2D eigenvalue weighted by molar-refractivity contribution is 7.22. The summed E-state index contributed by atoms with van der Waals surface area (Å²) in [5, 5.41) is 5.20. The largest absolute Gasteiger partial charge is 0.494 e. The second-order valence-electron chi connectivity index (χ2n) is 6.21. The van der Waals surface area contributed by atoms with Gasteiger partial charge in [0.15, 0.2) is 5.13 Å². The summed E-state index contributed by atoms with van der Waals surface area (Å²) in [6.07, 6.45) is 1.79. The zero-order chi connectivity index (χ0) is 18.1. The second-order valence-corrected chi connectivity index (χ2v) is 7.22. The number of anilines is 1. The molecule has 26 heavy (non-hydrogen) atoms. The first-order chi connectivity index (χ1) is 12.6. The van der Waals surface area contributed by atoms with Gasteiger partial charge in [0.25, 0.3) is 5.91 Å². The van der Waals surface area contributed by atoms with Crippen LogP contribution < -0.4 is 9.64 Å². The average molecular weight is 371 g/mol. The maximum atomic E-state index is 12.5. The molecule has 1 fully saturated rings. The van der Waals surface area contributed by atoms with E-state index in [1.807, 2.05) is 37.1 Å². The van der Waals surface area contributed by atoms with Crippen molar-refractivity contribution in [3.05, 3.63) is 36.2 Å². The van der Waals surface area contributed by atoms with Gasteiger partial charge in [0, 0.05) is 39.4 Å². The third-order valence-electron chi connectivity index (χ3n) is 4.43. The molecule has 1 aliphatic heterocycles. The number of benzene rings is 1. The van der Waals surface area contributed by atoms with Crippen molar-refractivity contribution in [2.45, 2.75) is 6.92 Å². The molecule has 4 rings (SSSR count). The molecule has 3 aromatic rings. The molecule has 0 atom stereocenters. The van der Waals surface area contributed by atoms with Gasteiger partial charge >= 0.3 is 0 Å². The smallest absolute Gasteiger partial charge is 0.274 e. The van der Waals surface area contributed by atoms with Gasteiger partial charge in [0.2, 0.25) is 0 Å². The Kier molecular flexibility index (Phi) is 4.50. The molecule has 8 heteroatoms. The molecule has 0 bridgehead atoms. The first-order valence-electron chi connectivity index (χ1n) is 8.71. The lowest BCUT2D eigenvalue weighted by molar-refractivity contribution is 0.0740. The molecule has 2 aromatic heterocycles. The molecule has 1 aromatic carbocycles. The van der Waals surface area contributed by atoms with Crippen molar-refractivity contribution in [2.75, 3.05) is 37.7 Å². The van der Waals surface area contributed by atoms with Gasteiger partial charge in [-0.3, -0.25) is 9.48 Å². The topological polar surface area (TPSA) is 63.5 Å². The van der Waals surface area contributed by atoms with Crippen LogP contribution in [-0.2, 0) is 7.05 Å². The van der Waals surface area contributed by atoms with Gasteiger partial charge in [-0.25, -0.2) is 4.98 Å². The number of thiazole rings is 1. The van der Waals surface area contributed by atoms with Gasteiger partial charge in [0.05, 0.1) is 16.8 Å². The SMILES string of the molecule is CCOc1ccc2nc(N3CCN(C(=O)c4ccn(C)n4)CC3)sc2c1. The number of nitrogens with zero attached hydrogens (tertiary/aromatic N) is 5. The van der Waals surface area contributed by atoms with Crippen LogP contribution in [0, 0.1) is 0 Å². The van der Waals surface area contributed by atoms with Crippen LogP contribution >= 0.6 is 11.3 Å². The molecule has 0 radical (unpaired) electrons. The summed E-state index contributed by atoms with van der Waals surface area (Å²) in [4.78, 5) is 21.3. The zero-order valence-electron chi connectivity index (χ0n) is 14.9. The van der Waals surface area contributed by atoms with E-state index < -0.39 is 0 Å². The van der Waals surface area contributed by atoms with Gasteiger partial charge in [0.1, 0.15) is 11.4 Å². The van der Waals surface area contributed by atoms with Crippen molar-refractivity contribution in [2.24, 2.45) is 7.05 Å². The number of ether oxygens (including phenoxy) is 1. The minimum Gasteiger partial charge on any atom is -0.494 e. The number of rotatable bonds is 4. The Labute approximate surface area is 155 Å². The highest BCUT2D eigenvalue weighted by atomic mass is 32.1. The summed E-state index contributed by atoms with van der Waals surface area (Å²) < 4.78 is 8.34. The van der Waals surface area contributed by atoms with Crippen molar-refractivity contribution < 1.29 is 9.53 Å². The number of aromatic nitrogens is 3. The first-order valence-corrected chi connectivity index (χ1v) is 9.53. The number of carbonyl (C=O) groups excluding carboxylic acids is 1. The maximum absolute atomic E-state index is 12.5. The maximum Gasteiger partial charge on any atom is 0.274 e. The fourth-order valence-electron chi connectivity index (χ4n) is 3.08. The average Bonchev–Trinajstić information content (AvgIpc) is 3.27. The number of piperazine rings is 1. The number of aryl methyl sites for hydroxylation is 1. The summed E-state index contributed by atoms with van der Waals surface area (Å²) in [7, 11) is 1.82. The van der Waals surface area contributed by atoms with E-state index in [0.29, 0.717) is 25.4 Å². The van der Waals surface area contributed by atoms with E-state index in [2.05, 4.69) is 10.00 Å². The van der Waals surface area contributed by atoms with Gasteiger partial charge in [-0.2, -0.15) is 5.10 Å². The van der Waals surface area contributed by atoms with Crippen LogP contribution in [0.15, 0.2) is 30.5 Å². The summed E-state index contributed by atoms with van der Waals surface area (Å²) >= 11 is 1.67. The van der Waals surface area contributed by atoms with Crippen LogP contribution in [0.1, 0.15) is 17.4 Å². The van der Waals surface area contributed by atoms with Gasteiger partial charge in [-0.05, 0) is 31.2 Å². The molecule has 136 valence electrons. The lowest BCUT2D eigenvalue weighted by Crippen LogP contribution is -2.48. The van der Waals surface area contributed by atoms with E-state index >= 15 is 0 Å². The molecular formula is C18H21N5O2S. The Bertz CT molecular complexity index is 927. The quantitative estimate of drug-likeness (QED) is 0.705. The highest BCUT2D eigenvalue weighted by Gasteiger charge is 2.25. The predicted octanol–water partition coefficient (Wildman–Crippen LogP) is 2.39. The molecule has 1 saturated heterocycles.